The maximum absolute atomic E-state index is 12.4. The molecule has 0 aromatic heterocycles. The van der Waals surface area contributed by atoms with Gasteiger partial charge in [-0.15, -0.1) is 0 Å². The lowest BCUT2D eigenvalue weighted by Crippen LogP contribution is -2.15. The summed E-state index contributed by atoms with van der Waals surface area (Å²) in [6.07, 6.45) is 1.40. The van der Waals surface area contributed by atoms with Crippen LogP contribution in [0.5, 0.6) is 0 Å². The third kappa shape index (κ3) is 2.00. The third-order valence-electron chi connectivity index (χ3n) is 3.11. The van der Waals surface area contributed by atoms with Gasteiger partial charge in [-0.2, -0.15) is 0 Å². The Bertz CT molecular complexity index is 712. The Balaban J connectivity index is 2.13. The topological polar surface area (TPSA) is 34.1 Å². The molecule has 0 N–H and O–H groups in total. The van der Waals surface area contributed by atoms with Crippen molar-refractivity contribution in [2.75, 3.05) is 0 Å². The van der Waals surface area contributed by atoms with Crippen LogP contribution in [0.1, 0.15) is 26.3 Å². The molecule has 0 saturated carbocycles. The quantitative estimate of drug-likeness (QED) is 0.788. The van der Waals surface area contributed by atoms with Crippen molar-refractivity contribution in [2.24, 2.45) is 0 Å². The van der Waals surface area contributed by atoms with Crippen molar-refractivity contribution in [1.82, 2.24) is 0 Å². The molecule has 1 aliphatic carbocycles. The number of Topliss-reactive ketones (excluding diaryl/α,β-unsaturated/α-hetero) is 1. The highest BCUT2D eigenvalue weighted by molar-refractivity contribution is 6.38. The molecule has 92 valence electrons. The molecule has 3 heteroatoms. The molecule has 0 heterocycles. The Morgan fingerprint density at radius 3 is 2.11 bits per heavy atom. The zero-order valence-corrected chi connectivity index (χ0v) is 10.6. The van der Waals surface area contributed by atoms with Gasteiger partial charge in [0, 0.05) is 21.7 Å². The molecule has 0 fully saturated rings. The Kier molecular flexibility index (Phi) is 2.80. The van der Waals surface area contributed by atoms with Crippen molar-refractivity contribution >= 4 is 28.7 Å². The van der Waals surface area contributed by atoms with E-state index >= 15 is 0 Å². The average Bonchev–Trinajstić information content (AvgIpc) is 2.44. The van der Waals surface area contributed by atoms with Crippen molar-refractivity contribution < 1.29 is 9.59 Å². The van der Waals surface area contributed by atoms with Gasteiger partial charge in [0.1, 0.15) is 0 Å². The first kappa shape index (κ1) is 11.9. The fourth-order valence-corrected chi connectivity index (χ4v) is 2.29. The molecule has 2 aromatic rings. The highest BCUT2D eigenvalue weighted by Crippen LogP contribution is 2.28. The van der Waals surface area contributed by atoms with Crippen LogP contribution in [0.25, 0.3) is 5.57 Å². The number of carbonyl (C=O) groups excluding carboxylic acids is 2. The van der Waals surface area contributed by atoms with Crippen LogP contribution < -0.4 is 0 Å². The zero-order chi connectivity index (χ0) is 13.4. The summed E-state index contributed by atoms with van der Waals surface area (Å²) in [6.45, 7) is 0. The standard InChI is InChI=1S/C16H9ClO2/c17-11-7-5-10(6-8-11)14-9-15(18)12-3-1-2-4-13(12)16(14)19/h1-9H. The fraction of sp³-hybridized carbons (Fsp3) is 0. The minimum Gasteiger partial charge on any atom is -0.289 e. The second kappa shape index (κ2) is 4.48. The summed E-state index contributed by atoms with van der Waals surface area (Å²) in [7, 11) is 0. The van der Waals surface area contributed by atoms with E-state index in [1.54, 1.807) is 48.5 Å². The fourth-order valence-electron chi connectivity index (χ4n) is 2.16. The Morgan fingerprint density at radius 1 is 0.789 bits per heavy atom. The zero-order valence-electron chi connectivity index (χ0n) is 9.89. The number of carbonyl (C=O) groups is 2. The van der Waals surface area contributed by atoms with Gasteiger partial charge >= 0.3 is 0 Å². The van der Waals surface area contributed by atoms with Crippen LogP contribution in [0.4, 0.5) is 0 Å². The molecule has 0 saturated heterocycles. The first-order chi connectivity index (χ1) is 9.16. The molecular formula is C16H9ClO2. The number of hydrogen-bond donors (Lipinski definition) is 0. The lowest BCUT2D eigenvalue weighted by molar-refractivity contribution is 0.100. The largest absolute Gasteiger partial charge is 0.289 e. The first-order valence-corrected chi connectivity index (χ1v) is 6.20. The number of ketones is 2. The van der Waals surface area contributed by atoms with Crippen LogP contribution >= 0.6 is 11.6 Å². The maximum atomic E-state index is 12.4. The molecule has 0 aliphatic heterocycles. The van der Waals surface area contributed by atoms with Gasteiger partial charge in [0.15, 0.2) is 11.6 Å². The third-order valence-corrected chi connectivity index (χ3v) is 3.36. The molecule has 2 nitrogen and oxygen atoms in total. The van der Waals surface area contributed by atoms with E-state index in [1.807, 2.05) is 0 Å². The smallest absolute Gasteiger partial charge is 0.194 e. The number of allylic oxidation sites excluding steroid dienone is 2. The minimum atomic E-state index is -0.139. The number of benzene rings is 2. The van der Waals surface area contributed by atoms with Crippen molar-refractivity contribution in [3.63, 3.8) is 0 Å². The van der Waals surface area contributed by atoms with E-state index in [0.29, 0.717) is 27.3 Å². The lowest BCUT2D eigenvalue weighted by Gasteiger charge is -2.15. The van der Waals surface area contributed by atoms with Gasteiger partial charge in [0.05, 0.1) is 0 Å². The van der Waals surface area contributed by atoms with Crippen LogP contribution in [-0.4, -0.2) is 11.6 Å². The van der Waals surface area contributed by atoms with Crippen molar-refractivity contribution in [3.8, 4) is 0 Å². The molecule has 0 bridgehead atoms. The summed E-state index contributed by atoms with van der Waals surface area (Å²) >= 11 is 5.83. The molecule has 2 aromatic carbocycles. The van der Waals surface area contributed by atoms with E-state index in [2.05, 4.69) is 0 Å². The predicted molar refractivity (Wildman–Crippen MR) is 74.5 cm³/mol. The van der Waals surface area contributed by atoms with E-state index in [4.69, 9.17) is 11.6 Å². The van der Waals surface area contributed by atoms with Gasteiger partial charge < -0.3 is 0 Å². The van der Waals surface area contributed by atoms with Crippen LogP contribution in [0.15, 0.2) is 54.6 Å². The molecule has 0 spiro atoms. The van der Waals surface area contributed by atoms with E-state index in [-0.39, 0.29) is 11.6 Å². The minimum absolute atomic E-state index is 0.127. The second-order valence-electron chi connectivity index (χ2n) is 4.30. The molecule has 0 atom stereocenters. The summed E-state index contributed by atoms with van der Waals surface area (Å²) in [4.78, 5) is 24.4. The van der Waals surface area contributed by atoms with Crippen LogP contribution in [-0.2, 0) is 0 Å². The summed E-state index contributed by atoms with van der Waals surface area (Å²) in [6, 6.07) is 13.8. The highest BCUT2D eigenvalue weighted by Gasteiger charge is 2.25. The summed E-state index contributed by atoms with van der Waals surface area (Å²) in [5.41, 5.74) is 2.04. The van der Waals surface area contributed by atoms with Crippen LogP contribution in [0.3, 0.4) is 0 Å². The van der Waals surface area contributed by atoms with E-state index in [9.17, 15) is 9.59 Å². The lowest BCUT2D eigenvalue weighted by atomic mass is 9.86. The summed E-state index contributed by atoms with van der Waals surface area (Å²) in [5, 5.41) is 0.597. The molecular weight excluding hydrogens is 260 g/mol. The average molecular weight is 269 g/mol. The predicted octanol–water partition coefficient (Wildman–Crippen LogP) is 3.80. The Morgan fingerprint density at radius 2 is 1.42 bits per heavy atom. The summed E-state index contributed by atoms with van der Waals surface area (Å²) < 4.78 is 0. The van der Waals surface area contributed by atoms with Gasteiger partial charge in [-0.3, -0.25) is 9.59 Å². The molecule has 0 amide bonds. The molecule has 3 rings (SSSR count). The van der Waals surface area contributed by atoms with E-state index < -0.39 is 0 Å². The normalized spacial score (nSPS) is 14.1. The molecule has 1 aliphatic rings. The van der Waals surface area contributed by atoms with Crippen molar-refractivity contribution in [1.29, 1.82) is 0 Å². The monoisotopic (exact) mass is 268 g/mol. The highest BCUT2D eigenvalue weighted by atomic mass is 35.5. The van der Waals surface area contributed by atoms with Gasteiger partial charge in [0.2, 0.25) is 0 Å². The number of rotatable bonds is 1. The molecule has 0 radical (unpaired) electrons. The second-order valence-corrected chi connectivity index (χ2v) is 4.74. The maximum Gasteiger partial charge on any atom is 0.194 e. The number of halogens is 1. The first-order valence-electron chi connectivity index (χ1n) is 5.82. The van der Waals surface area contributed by atoms with E-state index in [1.165, 1.54) is 6.08 Å². The van der Waals surface area contributed by atoms with Crippen molar-refractivity contribution in [2.45, 2.75) is 0 Å². The number of fused-ring (bicyclic) bond motifs is 1. The van der Waals surface area contributed by atoms with Gasteiger partial charge in [-0.1, -0.05) is 48.0 Å². The van der Waals surface area contributed by atoms with E-state index in [0.717, 1.165) is 0 Å². The van der Waals surface area contributed by atoms with Gasteiger partial charge in [-0.05, 0) is 23.8 Å². The van der Waals surface area contributed by atoms with Crippen LogP contribution in [0.2, 0.25) is 5.02 Å². The Labute approximate surface area is 115 Å². The van der Waals surface area contributed by atoms with Crippen LogP contribution in [0, 0.1) is 0 Å². The van der Waals surface area contributed by atoms with Crippen molar-refractivity contribution in [3.05, 3.63) is 76.3 Å². The SMILES string of the molecule is O=C1C=C(c2ccc(Cl)cc2)C(=O)c2ccccc21. The number of hydrogen-bond acceptors (Lipinski definition) is 2. The molecule has 0 unspecified atom stereocenters. The van der Waals surface area contributed by atoms with Gasteiger partial charge in [-0.25, -0.2) is 0 Å². The summed E-state index contributed by atoms with van der Waals surface area (Å²) in [5.74, 6) is -0.266. The molecule has 19 heavy (non-hydrogen) atoms. The Hall–Kier alpha value is -2.19. The van der Waals surface area contributed by atoms with Gasteiger partial charge in [0.25, 0.3) is 0 Å².